The Hall–Kier alpha value is -0.590. The van der Waals surface area contributed by atoms with Gasteiger partial charge in [-0.3, -0.25) is 4.79 Å². The highest BCUT2D eigenvalue weighted by molar-refractivity contribution is 8.13. The standard InChI is InChI=1S/C12H15ClO4S/c1-7(15)18-6-11(16)12(17)10-3-2-9(13)4-8(10)5-14/h2-4,11-12,14,16-17H,5-6H2,1H3. The Kier molecular flexibility index (Phi) is 6.11. The molecule has 0 aromatic heterocycles. The zero-order chi connectivity index (χ0) is 13.7. The second-order valence-corrected chi connectivity index (χ2v) is 5.45. The molecule has 2 unspecified atom stereocenters. The van der Waals surface area contributed by atoms with Crippen LogP contribution < -0.4 is 0 Å². The number of hydrogen-bond acceptors (Lipinski definition) is 5. The van der Waals surface area contributed by atoms with Crippen molar-refractivity contribution in [1.82, 2.24) is 0 Å². The molecule has 0 bridgehead atoms. The lowest BCUT2D eigenvalue weighted by molar-refractivity contribution is -0.109. The number of aliphatic hydroxyl groups is 3. The molecular formula is C12H15ClO4S. The van der Waals surface area contributed by atoms with Crippen LogP contribution in [0, 0.1) is 0 Å². The van der Waals surface area contributed by atoms with E-state index in [1.807, 2.05) is 0 Å². The highest BCUT2D eigenvalue weighted by Gasteiger charge is 2.21. The van der Waals surface area contributed by atoms with E-state index < -0.39 is 12.2 Å². The van der Waals surface area contributed by atoms with Crippen molar-refractivity contribution in [3.63, 3.8) is 0 Å². The number of carbonyl (C=O) groups is 1. The minimum absolute atomic E-state index is 0.101. The molecule has 0 saturated carbocycles. The lowest BCUT2D eigenvalue weighted by Gasteiger charge is -2.19. The number of aliphatic hydroxyl groups excluding tert-OH is 3. The van der Waals surface area contributed by atoms with Gasteiger partial charge in [-0.05, 0) is 23.3 Å². The van der Waals surface area contributed by atoms with Crippen molar-refractivity contribution in [3.8, 4) is 0 Å². The maximum Gasteiger partial charge on any atom is 0.185 e. The number of hydrogen-bond donors (Lipinski definition) is 3. The summed E-state index contributed by atoms with van der Waals surface area (Å²) in [5.41, 5.74) is 0.875. The van der Waals surface area contributed by atoms with Gasteiger partial charge in [-0.2, -0.15) is 0 Å². The summed E-state index contributed by atoms with van der Waals surface area (Å²) in [5.74, 6) is 0.101. The van der Waals surface area contributed by atoms with Crippen LogP contribution in [0.25, 0.3) is 0 Å². The molecule has 0 aliphatic heterocycles. The predicted molar refractivity (Wildman–Crippen MR) is 71.5 cm³/mol. The number of carbonyl (C=O) groups excluding carboxylic acids is 1. The summed E-state index contributed by atoms with van der Waals surface area (Å²) >= 11 is 6.72. The minimum atomic E-state index is -1.16. The van der Waals surface area contributed by atoms with E-state index in [0.29, 0.717) is 16.1 Å². The van der Waals surface area contributed by atoms with Gasteiger partial charge in [0.2, 0.25) is 0 Å². The molecule has 1 rings (SSSR count). The summed E-state index contributed by atoms with van der Waals surface area (Å²) in [6.45, 7) is 1.12. The largest absolute Gasteiger partial charge is 0.392 e. The Balaban J connectivity index is 2.82. The monoisotopic (exact) mass is 290 g/mol. The fourth-order valence-corrected chi connectivity index (χ4v) is 2.28. The molecule has 0 amide bonds. The average Bonchev–Trinajstić information content (AvgIpc) is 2.34. The number of halogens is 1. The van der Waals surface area contributed by atoms with Crippen molar-refractivity contribution >= 4 is 28.5 Å². The average molecular weight is 291 g/mol. The molecule has 3 N–H and O–H groups in total. The van der Waals surface area contributed by atoms with Gasteiger partial charge >= 0.3 is 0 Å². The van der Waals surface area contributed by atoms with E-state index in [1.54, 1.807) is 12.1 Å². The Morgan fingerprint density at radius 3 is 2.67 bits per heavy atom. The van der Waals surface area contributed by atoms with Crippen LogP contribution in [0.3, 0.4) is 0 Å². The van der Waals surface area contributed by atoms with Crippen molar-refractivity contribution in [3.05, 3.63) is 34.3 Å². The summed E-state index contributed by atoms with van der Waals surface area (Å²) in [7, 11) is 0. The molecule has 6 heteroatoms. The lowest BCUT2D eigenvalue weighted by Crippen LogP contribution is -2.22. The van der Waals surface area contributed by atoms with Crippen molar-refractivity contribution in [2.24, 2.45) is 0 Å². The Morgan fingerprint density at radius 1 is 1.44 bits per heavy atom. The van der Waals surface area contributed by atoms with E-state index in [4.69, 9.17) is 11.6 Å². The van der Waals surface area contributed by atoms with Crippen LogP contribution >= 0.6 is 23.4 Å². The third-order valence-corrected chi connectivity index (χ3v) is 3.57. The van der Waals surface area contributed by atoms with E-state index in [9.17, 15) is 20.1 Å². The van der Waals surface area contributed by atoms with E-state index in [0.717, 1.165) is 11.8 Å². The molecule has 0 aliphatic rings. The van der Waals surface area contributed by atoms with Crippen LogP contribution in [-0.4, -0.2) is 32.3 Å². The maximum atomic E-state index is 10.8. The van der Waals surface area contributed by atoms with Gasteiger partial charge in [-0.25, -0.2) is 0 Å². The third-order valence-electron chi connectivity index (χ3n) is 2.42. The molecule has 2 atom stereocenters. The second kappa shape index (κ2) is 7.11. The van der Waals surface area contributed by atoms with Crippen LogP contribution in [0.2, 0.25) is 5.02 Å². The zero-order valence-corrected chi connectivity index (χ0v) is 11.4. The smallest absolute Gasteiger partial charge is 0.185 e. The first-order chi connectivity index (χ1) is 8.45. The number of rotatable bonds is 5. The number of thioether (sulfide) groups is 1. The highest BCUT2D eigenvalue weighted by atomic mass is 35.5. The molecule has 0 spiro atoms. The quantitative estimate of drug-likeness (QED) is 0.766. The lowest BCUT2D eigenvalue weighted by atomic mass is 10.00. The Morgan fingerprint density at radius 2 is 2.11 bits per heavy atom. The van der Waals surface area contributed by atoms with Crippen molar-refractivity contribution in [2.45, 2.75) is 25.7 Å². The molecule has 1 aromatic rings. The third kappa shape index (κ3) is 4.26. The van der Waals surface area contributed by atoms with Crippen molar-refractivity contribution in [1.29, 1.82) is 0 Å². The van der Waals surface area contributed by atoms with Gasteiger partial charge in [-0.1, -0.05) is 29.4 Å². The maximum absolute atomic E-state index is 10.8. The normalized spacial score (nSPS) is 14.3. The van der Waals surface area contributed by atoms with E-state index in [2.05, 4.69) is 0 Å². The van der Waals surface area contributed by atoms with Crippen molar-refractivity contribution < 1.29 is 20.1 Å². The summed E-state index contributed by atoms with van der Waals surface area (Å²) < 4.78 is 0. The Bertz CT molecular complexity index is 425. The number of benzene rings is 1. The summed E-state index contributed by atoms with van der Waals surface area (Å²) in [6.07, 6.45) is -2.23. The summed E-state index contributed by atoms with van der Waals surface area (Å²) in [5, 5.41) is 29.3. The molecule has 4 nitrogen and oxygen atoms in total. The van der Waals surface area contributed by atoms with Crippen LogP contribution in [0.4, 0.5) is 0 Å². The van der Waals surface area contributed by atoms with Gasteiger partial charge in [0.1, 0.15) is 6.10 Å². The first-order valence-corrected chi connectivity index (χ1v) is 6.70. The molecule has 18 heavy (non-hydrogen) atoms. The zero-order valence-electron chi connectivity index (χ0n) is 9.84. The Labute approximate surface area is 115 Å². The molecule has 0 aliphatic carbocycles. The molecule has 0 fully saturated rings. The van der Waals surface area contributed by atoms with Gasteiger partial charge in [0.05, 0.1) is 12.7 Å². The molecule has 0 heterocycles. The molecular weight excluding hydrogens is 276 g/mol. The molecule has 0 radical (unpaired) electrons. The summed E-state index contributed by atoms with van der Waals surface area (Å²) in [4.78, 5) is 10.8. The topological polar surface area (TPSA) is 77.8 Å². The van der Waals surface area contributed by atoms with E-state index >= 15 is 0 Å². The van der Waals surface area contributed by atoms with Crippen LogP contribution in [0.15, 0.2) is 18.2 Å². The molecule has 100 valence electrons. The van der Waals surface area contributed by atoms with Gasteiger partial charge in [-0.15, -0.1) is 0 Å². The fourth-order valence-electron chi connectivity index (χ4n) is 1.50. The van der Waals surface area contributed by atoms with Crippen molar-refractivity contribution in [2.75, 3.05) is 5.75 Å². The molecule has 1 aromatic carbocycles. The SMILES string of the molecule is CC(=O)SCC(O)C(O)c1ccc(Cl)cc1CO. The van der Waals surface area contributed by atoms with E-state index in [-0.39, 0.29) is 17.5 Å². The van der Waals surface area contributed by atoms with Gasteiger partial charge in [0, 0.05) is 17.7 Å². The van der Waals surface area contributed by atoms with Crippen LogP contribution in [-0.2, 0) is 11.4 Å². The van der Waals surface area contributed by atoms with E-state index in [1.165, 1.54) is 13.0 Å². The fraction of sp³-hybridized carbons (Fsp3) is 0.417. The first kappa shape index (κ1) is 15.5. The highest BCUT2D eigenvalue weighted by Crippen LogP contribution is 2.26. The minimum Gasteiger partial charge on any atom is -0.392 e. The van der Waals surface area contributed by atoms with Gasteiger partial charge in [0.15, 0.2) is 5.12 Å². The predicted octanol–water partition coefficient (Wildman–Crippen LogP) is 1.51. The summed E-state index contributed by atoms with van der Waals surface area (Å²) in [6, 6.07) is 4.66. The second-order valence-electron chi connectivity index (χ2n) is 3.82. The van der Waals surface area contributed by atoms with Gasteiger partial charge < -0.3 is 15.3 Å². The molecule has 0 saturated heterocycles. The first-order valence-electron chi connectivity index (χ1n) is 5.34. The van der Waals surface area contributed by atoms with Crippen LogP contribution in [0.5, 0.6) is 0 Å². The van der Waals surface area contributed by atoms with Crippen LogP contribution in [0.1, 0.15) is 24.2 Å². The van der Waals surface area contributed by atoms with Gasteiger partial charge in [0.25, 0.3) is 0 Å².